The van der Waals surface area contributed by atoms with Gasteiger partial charge in [0.05, 0.1) is 12.8 Å². The molecule has 1 aromatic heterocycles. The minimum atomic E-state index is -0.557. The molecule has 0 atom stereocenters. The van der Waals surface area contributed by atoms with Crippen LogP contribution >= 0.6 is 11.6 Å². The molecule has 0 aliphatic rings. The normalized spacial score (nSPS) is 10.3. The molecule has 2 aromatic rings. The van der Waals surface area contributed by atoms with Crippen molar-refractivity contribution in [3.8, 4) is 11.3 Å². The summed E-state index contributed by atoms with van der Waals surface area (Å²) in [6.07, 6.45) is 0. The molecule has 4 nitrogen and oxygen atoms in total. The summed E-state index contributed by atoms with van der Waals surface area (Å²) in [4.78, 5) is 11.2. The van der Waals surface area contributed by atoms with Crippen molar-refractivity contribution >= 4 is 17.6 Å². The highest BCUT2D eigenvalue weighted by molar-refractivity contribution is 6.30. The fourth-order valence-corrected chi connectivity index (χ4v) is 1.53. The second kappa shape index (κ2) is 4.55. The van der Waals surface area contributed by atoms with E-state index >= 15 is 0 Å². The predicted molar refractivity (Wildman–Crippen MR) is 60.3 cm³/mol. The number of hydrogen-bond acceptors (Lipinski definition) is 3. The lowest BCUT2D eigenvalue weighted by atomic mass is 10.1. The van der Waals surface area contributed by atoms with Gasteiger partial charge in [0, 0.05) is 10.6 Å². The SMILES string of the molecule is COC(=O)c1cc(-c2ccc(Cl)cc2F)n[nH]1. The average molecular weight is 255 g/mol. The zero-order valence-corrected chi connectivity index (χ0v) is 9.58. The van der Waals surface area contributed by atoms with E-state index in [9.17, 15) is 9.18 Å². The number of nitrogens with zero attached hydrogens (tertiary/aromatic N) is 1. The first-order chi connectivity index (χ1) is 8.11. The molecule has 88 valence electrons. The third kappa shape index (κ3) is 2.29. The van der Waals surface area contributed by atoms with Crippen molar-refractivity contribution in [1.82, 2.24) is 10.2 Å². The topological polar surface area (TPSA) is 55.0 Å². The molecule has 1 aromatic carbocycles. The molecule has 0 fully saturated rings. The number of H-pyrrole nitrogens is 1. The monoisotopic (exact) mass is 254 g/mol. The van der Waals surface area contributed by atoms with E-state index in [0.717, 1.165) is 0 Å². The predicted octanol–water partition coefficient (Wildman–Crippen LogP) is 2.66. The molecule has 0 saturated carbocycles. The first-order valence-corrected chi connectivity index (χ1v) is 5.09. The molecule has 0 radical (unpaired) electrons. The Morgan fingerprint density at radius 2 is 2.24 bits per heavy atom. The van der Waals surface area contributed by atoms with Gasteiger partial charge in [-0.25, -0.2) is 9.18 Å². The molecule has 1 N–H and O–H groups in total. The van der Waals surface area contributed by atoms with Crippen molar-refractivity contribution in [1.29, 1.82) is 0 Å². The van der Waals surface area contributed by atoms with Crippen LogP contribution in [0.15, 0.2) is 24.3 Å². The second-order valence-electron chi connectivity index (χ2n) is 3.28. The van der Waals surface area contributed by atoms with Crippen molar-refractivity contribution in [2.24, 2.45) is 0 Å². The number of esters is 1. The van der Waals surface area contributed by atoms with Crippen LogP contribution in [0.25, 0.3) is 11.3 Å². The first kappa shape index (κ1) is 11.6. The number of aromatic nitrogens is 2. The molecule has 17 heavy (non-hydrogen) atoms. The maximum atomic E-state index is 13.6. The van der Waals surface area contributed by atoms with E-state index < -0.39 is 11.8 Å². The third-order valence-corrected chi connectivity index (χ3v) is 2.43. The number of methoxy groups -OCH3 is 1. The summed E-state index contributed by atoms with van der Waals surface area (Å²) in [7, 11) is 1.26. The molecule has 0 saturated heterocycles. The van der Waals surface area contributed by atoms with Gasteiger partial charge in [-0.1, -0.05) is 11.6 Å². The minimum absolute atomic E-state index is 0.164. The lowest BCUT2D eigenvalue weighted by molar-refractivity contribution is 0.0594. The van der Waals surface area contributed by atoms with Gasteiger partial charge in [0.1, 0.15) is 11.5 Å². The summed E-state index contributed by atoms with van der Waals surface area (Å²) >= 11 is 5.64. The molecular formula is C11H8ClFN2O2. The maximum Gasteiger partial charge on any atom is 0.356 e. The van der Waals surface area contributed by atoms with E-state index in [1.54, 1.807) is 6.07 Å². The zero-order chi connectivity index (χ0) is 12.4. The summed E-state index contributed by atoms with van der Waals surface area (Å²) in [6, 6.07) is 5.64. The van der Waals surface area contributed by atoms with Crippen LogP contribution < -0.4 is 0 Å². The quantitative estimate of drug-likeness (QED) is 0.839. The van der Waals surface area contributed by atoms with Crippen LogP contribution in [0.4, 0.5) is 4.39 Å². The maximum absolute atomic E-state index is 13.6. The van der Waals surface area contributed by atoms with Gasteiger partial charge in [0.2, 0.25) is 0 Å². The van der Waals surface area contributed by atoms with Gasteiger partial charge in [-0.2, -0.15) is 5.10 Å². The van der Waals surface area contributed by atoms with Crippen molar-refractivity contribution < 1.29 is 13.9 Å². The number of rotatable bonds is 2. The van der Waals surface area contributed by atoms with Crippen molar-refractivity contribution in [2.75, 3.05) is 7.11 Å². The molecule has 0 aliphatic heterocycles. The van der Waals surface area contributed by atoms with Gasteiger partial charge in [0.15, 0.2) is 0 Å². The zero-order valence-electron chi connectivity index (χ0n) is 8.83. The van der Waals surface area contributed by atoms with Gasteiger partial charge in [-0.3, -0.25) is 5.10 Å². The summed E-state index contributed by atoms with van der Waals surface area (Å²) < 4.78 is 18.1. The van der Waals surface area contributed by atoms with Crippen LogP contribution in [0.3, 0.4) is 0 Å². The fraction of sp³-hybridized carbons (Fsp3) is 0.0909. The molecule has 2 rings (SSSR count). The van der Waals surface area contributed by atoms with Crippen LogP contribution in [-0.4, -0.2) is 23.3 Å². The Morgan fingerprint density at radius 1 is 1.47 bits per heavy atom. The standard InChI is InChI=1S/C11H8ClFN2O2/c1-17-11(16)10-5-9(14-15-10)7-3-2-6(12)4-8(7)13/h2-5H,1H3,(H,14,15). The Labute approximate surface area is 101 Å². The lowest BCUT2D eigenvalue weighted by Crippen LogP contribution is -2.00. The van der Waals surface area contributed by atoms with E-state index in [2.05, 4.69) is 14.9 Å². The number of carbonyl (C=O) groups excluding carboxylic acids is 1. The second-order valence-corrected chi connectivity index (χ2v) is 3.72. The van der Waals surface area contributed by atoms with Gasteiger partial charge >= 0.3 is 5.97 Å². The minimum Gasteiger partial charge on any atom is -0.464 e. The van der Waals surface area contributed by atoms with Gasteiger partial charge in [-0.15, -0.1) is 0 Å². The molecule has 0 unspecified atom stereocenters. The van der Waals surface area contributed by atoms with E-state index in [4.69, 9.17) is 11.6 Å². The van der Waals surface area contributed by atoms with E-state index in [-0.39, 0.29) is 11.3 Å². The Hall–Kier alpha value is -1.88. The Morgan fingerprint density at radius 3 is 2.88 bits per heavy atom. The van der Waals surface area contributed by atoms with Crippen LogP contribution in [0.2, 0.25) is 5.02 Å². The molecule has 0 bridgehead atoms. The smallest absolute Gasteiger partial charge is 0.356 e. The third-order valence-electron chi connectivity index (χ3n) is 2.19. The molecule has 6 heteroatoms. The first-order valence-electron chi connectivity index (χ1n) is 4.71. The Bertz CT molecular complexity index is 568. The Balaban J connectivity index is 2.40. The summed E-state index contributed by atoms with van der Waals surface area (Å²) in [5.74, 6) is -1.06. The fourth-order valence-electron chi connectivity index (χ4n) is 1.37. The molecule has 1 heterocycles. The molecular weight excluding hydrogens is 247 g/mol. The van der Waals surface area contributed by atoms with Gasteiger partial charge in [0.25, 0.3) is 0 Å². The van der Waals surface area contributed by atoms with Crippen LogP contribution in [0, 0.1) is 5.82 Å². The summed E-state index contributed by atoms with van der Waals surface area (Å²) in [5.41, 5.74) is 0.747. The summed E-state index contributed by atoms with van der Waals surface area (Å²) in [5, 5.41) is 6.61. The molecule has 0 amide bonds. The van der Waals surface area contributed by atoms with Crippen molar-refractivity contribution in [2.45, 2.75) is 0 Å². The highest BCUT2D eigenvalue weighted by atomic mass is 35.5. The number of benzene rings is 1. The largest absolute Gasteiger partial charge is 0.464 e. The highest BCUT2D eigenvalue weighted by Gasteiger charge is 2.13. The number of ether oxygens (including phenoxy) is 1. The lowest BCUT2D eigenvalue weighted by Gasteiger charge is -1.98. The summed E-state index contributed by atoms with van der Waals surface area (Å²) in [6.45, 7) is 0. The van der Waals surface area contributed by atoms with Crippen LogP contribution in [0.1, 0.15) is 10.5 Å². The number of halogens is 2. The number of nitrogens with one attached hydrogen (secondary N) is 1. The average Bonchev–Trinajstić information content (AvgIpc) is 2.77. The number of aromatic amines is 1. The number of carbonyl (C=O) groups is 1. The molecule has 0 spiro atoms. The molecule has 0 aliphatic carbocycles. The van der Waals surface area contributed by atoms with Crippen molar-refractivity contribution in [3.05, 3.63) is 40.8 Å². The van der Waals surface area contributed by atoms with Gasteiger partial charge < -0.3 is 4.74 Å². The van der Waals surface area contributed by atoms with Gasteiger partial charge in [-0.05, 0) is 24.3 Å². The van der Waals surface area contributed by atoms with E-state index in [1.165, 1.54) is 25.3 Å². The highest BCUT2D eigenvalue weighted by Crippen LogP contribution is 2.24. The number of hydrogen-bond donors (Lipinski definition) is 1. The van der Waals surface area contributed by atoms with E-state index in [1.807, 2.05) is 0 Å². The van der Waals surface area contributed by atoms with Crippen LogP contribution in [-0.2, 0) is 4.74 Å². The van der Waals surface area contributed by atoms with Crippen LogP contribution in [0.5, 0.6) is 0 Å². The van der Waals surface area contributed by atoms with E-state index in [0.29, 0.717) is 10.7 Å². The van der Waals surface area contributed by atoms with Crippen molar-refractivity contribution in [3.63, 3.8) is 0 Å². The Kier molecular flexibility index (Phi) is 3.10.